The maximum Gasteiger partial charge on any atom is 0.291 e. The molecule has 4 nitrogen and oxygen atoms in total. The van der Waals surface area contributed by atoms with Crippen molar-refractivity contribution in [1.29, 1.82) is 0 Å². The molecule has 0 aliphatic carbocycles. The molecule has 0 spiro atoms. The van der Waals surface area contributed by atoms with Gasteiger partial charge in [0.1, 0.15) is 5.58 Å². The van der Waals surface area contributed by atoms with Gasteiger partial charge in [-0.15, -0.1) is 6.58 Å². The molecule has 1 aliphatic heterocycles. The highest BCUT2D eigenvalue weighted by atomic mass is 79.9. The fourth-order valence-electron chi connectivity index (χ4n) is 3.83. The number of amides is 1. The molecule has 0 bridgehead atoms. The average Bonchev–Trinajstić information content (AvgIpc) is 2.88. The van der Waals surface area contributed by atoms with E-state index in [4.69, 9.17) is 4.42 Å². The Hall–Kier alpha value is -2.66. The van der Waals surface area contributed by atoms with Crippen molar-refractivity contribution in [2.45, 2.75) is 19.9 Å². The number of nitrogens with zero attached hydrogens (tertiary/aromatic N) is 1. The molecule has 1 atom stereocenters. The van der Waals surface area contributed by atoms with E-state index in [2.05, 4.69) is 22.5 Å². The molecule has 1 amide bonds. The van der Waals surface area contributed by atoms with E-state index in [0.717, 1.165) is 21.2 Å². The Morgan fingerprint density at radius 1 is 1.19 bits per heavy atom. The van der Waals surface area contributed by atoms with Crippen molar-refractivity contribution in [1.82, 2.24) is 4.90 Å². The Bertz CT molecular complexity index is 1140. The van der Waals surface area contributed by atoms with Gasteiger partial charge in [0.15, 0.2) is 5.43 Å². The van der Waals surface area contributed by atoms with Gasteiger partial charge in [0.05, 0.1) is 17.0 Å². The van der Waals surface area contributed by atoms with Crippen molar-refractivity contribution in [3.8, 4) is 0 Å². The number of benzene rings is 2. The highest BCUT2D eigenvalue weighted by Gasteiger charge is 2.42. The maximum absolute atomic E-state index is 13.4. The van der Waals surface area contributed by atoms with Crippen molar-refractivity contribution < 1.29 is 9.21 Å². The summed E-state index contributed by atoms with van der Waals surface area (Å²) in [7, 11) is 0. The van der Waals surface area contributed by atoms with Gasteiger partial charge in [-0.05, 0) is 48.7 Å². The highest BCUT2D eigenvalue weighted by Crippen LogP contribution is 2.38. The second-order valence-electron chi connectivity index (χ2n) is 6.83. The van der Waals surface area contributed by atoms with Gasteiger partial charge >= 0.3 is 0 Å². The van der Waals surface area contributed by atoms with Crippen LogP contribution in [0.15, 0.2) is 62.7 Å². The normalized spacial score (nSPS) is 16.0. The van der Waals surface area contributed by atoms with Gasteiger partial charge in [0.25, 0.3) is 5.91 Å². The molecule has 2 aromatic carbocycles. The van der Waals surface area contributed by atoms with Crippen LogP contribution in [-0.2, 0) is 0 Å². The van der Waals surface area contributed by atoms with Gasteiger partial charge in [-0.25, -0.2) is 0 Å². The van der Waals surface area contributed by atoms with Crippen molar-refractivity contribution in [3.63, 3.8) is 0 Å². The Morgan fingerprint density at radius 2 is 1.89 bits per heavy atom. The topological polar surface area (TPSA) is 50.5 Å². The van der Waals surface area contributed by atoms with Crippen LogP contribution in [-0.4, -0.2) is 17.4 Å². The van der Waals surface area contributed by atoms with Crippen molar-refractivity contribution in [2.75, 3.05) is 6.54 Å². The number of hydrogen-bond acceptors (Lipinski definition) is 3. The first-order chi connectivity index (χ1) is 12.9. The monoisotopic (exact) mass is 423 g/mol. The Balaban J connectivity index is 2.05. The molecule has 136 valence electrons. The lowest BCUT2D eigenvalue weighted by atomic mass is 9.97. The molecule has 0 saturated heterocycles. The van der Waals surface area contributed by atoms with Crippen molar-refractivity contribution in [3.05, 3.63) is 91.8 Å². The van der Waals surface area contributed by atoms with E-state index in [1.165, 1.54) is 0 Å². The van der Waals surface area contributed by atoms with Crippen LogP contribution in [0.5, 0.6) is 0 Å². The molecule has 2 heterocycles. The molecule has 5 heteroatoms. The molecular weight excluding hydrogens is 406 g/mol. The zero-order valence-corrected chi connectivity index (χ0v) is 16.7. The lowest BCUT2D eigenvalue weighted by Gasteiger charge is -2.23. The van der Waals surface area contributed by atoms with E-state index in [-0.39, 0.29) is 17.1 Å². The molecule has 4 rings (SSSR count). The predicted molar refractivity (Wildman–Crippen MR) is 109 cm³/mol. The van der Waals surface area contributed by atoms with Crippen LogP contribution in [0.1, 0.15) is 38.9 Å². The first-order valence-electron chi connectivity index (χ1n) is 8.67. The molecule has 0 N–H and O–H groups in total. The summed E-state index contributed by atoms with van der Waals surface area (Å²) in [5.74, 6) is -0.150. The highest BCUT2D eigenvalue weighted by molar-refractivity contribution is 9.10. The maximum atomic E-state index is 13.4. The third kappa shape index (κ3) is 2.73. The lowest BCUT2D eigenvalue weighted by Crippen LogP contribution is -2.29. The van der Waals surface area contributed by atoms with Crippen LogP contribution in [0.4, 0.5) is 0 Å². The molecule has 1 unspecified atom stereocenters. The minimum absolute atomic E-state index is 0.132. The third-order valence-corrected chi connectivity index (χ3v) is 5.45. The average molecular weight is 424 g/mol. The summed E-state index contributed by atoms with van der Waals surface area (Å²) in [5.41, 5.74) is 3.43. The van der Waals surface area contributed by atoms with Crippen LogP contribution < -0.4 is 5.43 Å². The number of halogens is 1. The fourth-order valence-corrected chi connectivity index (χ4v) is 4.10. The first kappa shape index (κ1) is 17.7. The molecular formula is C22H18BrNO3. The number of rotatable bonds is 3. The number of carbonyl (C=O) groups excluding carboxylic acids is 1. The summed E-state index contributed by atoms with van der Waals surface area (Å²) in [4.78, 5) is 28.1. The smallest absolute Gasteiger partial charge is 0.291 e. The van der Waals surface area contributed by atoms with E-state index in [9.17, 15) is 9.59 Å². The second kappa shape index (κ2) is 6.50. The largest absolute Gasteiger partial charge is 0.450 e. The van der Waals surface area contributed by atoms with Crippen LogP contribution in [0.2, 0.25) is 0 Å². The van der Waals surface area contributed by atoms with Crippen LogP contribution in [0.3, 0.4) is 0 Å². The fraction of sp³-hybridized carbons (Fsp3) is 0.182. The van der Waals surface area contributed by atoms with Gasteiger partial charge in [-0.2, -0.15) is 0 Å². The van der Waals surface area contributed by atoms with Crippen LogP contribution in [0, 0.1) is 13.8 Å². The number of carbonyl (C=O) groups is 1. The van der Waals surface area contributed by atoms with Gasteiger partial charge in [-0.3, -0.25) is 9.59 Å². The molecule has 3 aromatic rings. The predicted octanol–water partition coefficient (Wildman–Crippen LogP) is 4.90. The summed E-state index contributed by atoms with van der Waals surface area (Å²) >= 11 is 3.43. The van der Waals surface area contributed by atoms with Gasteiger partial charge in [0, 0.05) is 11.0 Å². The van der Waals surface area contributed by atoms with Gasteiger partial charge in [0.2, 0.25) is 5.76 Å². The number of fused-ring (bicyclic) bond motifs is 2. The number of aryl methyl sites for hydroxylation is 2. The van der Waals surface area contributed by atoms with E-state index in [1.54, 1.807) is 11.0 Å². The minimum Gasteiger partial charge on any atom is -0.450 e. The zero-order chi connectivity index (χ0) is 19.3. The molecule has 0 radical (unpaired) electrons. The van der Waals surface area contributed by atoms with E-state index >= 15 is 0 Å². The van der Waals surface area contributed by atoms with Gasteiger partial charge in [-0.1, -0.05) is 40.2 Å². The van der Waals surface area contributed by atoms with Crippen LogP contribution >= 0.6 is 15.9 Å². The van der Waals surface area contributed by atoms with Crippen LogP contribution in [0.25, 0.3) is 11.0 Å². The third-order valence-electron chi connectivity index (χ3n) is 4.92. The second-order valence-corrected chi connectivity index (χ2v) is 7.74. The molecule has 27 heavy (non-hydrogen) atoms. The Labute approximate surface area is 165 Å². The summed E-state index contributed by atoms with van der Waals surface area (Å²) in [6.07, 6.45) is 1.66. The summed E-state index contributed by atoms with van der Waals surface area (Å²) in [6, 6.07) is 10.9. The summed E-state index contributed by atoms with van der Waals surface area (Å²) in [5, 5.41) is 0.537. The molecule has 1 aliphatic rings. The standard InChI is InChI=1S/C22H18BrNO3/c1-4-9-24-19(14-5-7-15(23)8-6-14)18-20(25)17-13(3)10-12(2)11-16(17)27-21(18)22(24)26/h4-8,10-11,19H,1,9H2,2-3H3. The summed E-state index contributed by atoms with van der Waals surface area (Å²) in [6.45, 7) is 7.92. The van der Waals surface area contributed by atoms with E-state index in [0.29, 0.717) is 23.1 Å². The minimum atomic E-state index is -0.486. The first-order valence-corrected chi connectivity index (χ1v) is 9.47. The molecule has 1 aromatic heterocycles. The Morgan fingerprint density at radius 3 is 2.56 bits per heavy atom. The van der Waals surface area contributed by atoms with E-state index in [1.807, 2.05) is 50.2 Å². The zero-order valence-electron chi connectivity index (χ0n) is 15.1. The molecule has 0 saturated carbocycles. The van der Waals surface area contributed by atoms with Crippen molar-refractivity contribution >= 4 is 32.8 Å². The van der Waals surface area contributed by atoms with Crippen molar-refractivity contribution in [2.24, 2.45) is 0 Å². The lowest BCUT2D eigenvalue weighted by molar-refractivity contribution is 0.0748. The summed E-state index contributed by atoms with van der Waals surface area (Å²) < 4.78 is 6.91. The van der Waals surface area contributed by atoms with E-state index < -0.39 is 6.04 Å². The number of hydrogen-bond donors (Lipinski definition) is 0. The quantitative estimate of drug-likeness (QED) is 0.562. The Kier molecular flexibility index (Phi) is 4.27. The van der Waals surface area contributed by atoms with Gasteiger partial charge < -0.3 is 9.32 Å². The molecule has 0 fully saturated rings. The SMILES string of the molecule is C=CCN1C(=O)c2oc3cc(C)cc(C)c3c(=O)c2C1c1ccc(Br)cc1.